The van der Waals surface area contributed by atoms with Gasteiger partial charge in [0.15, 0.2) is 0 Å². The molecule has 0 saturated heterocycles. The van der Waals surface area contributed by atoms with E-state index in [1.165, 1.54) is 33.6 Å². The number of aryl methyl sites for hydroxylation is 2. The molecule has 0 spiro atoms. The van der Waals surface area contributed by atoms with Crippen LogP contribution in [0.5, 0.6) is 0 Å². The minimum absolute atomic E-state index is 0.971. The molecule has 3 heteroatoms. The Kier molecular flexibility index (Phi) is 4.18. The second kappa shape index (κ2) is 6.49. The van der Waals surface area contributed by atoms with Crippen LogP contribution in [0.25, 0.3) is 11.4 Å². The highest BCUT2D eigenvalue weighted by atomic mass is 15.2. The molecule has 0 aliphatic carbocycles. The lowest BCUT2D eigenvalue weighted by atomic mass is 10.0. The molecule has 0 N–H and O–H groups in total. The van der Waals surface area contributed by atoms with Crippen molar-refractivity contribution in [3.8, 4) is 11.4 Å². The molecular weight excluding hydrogens is 306 g/mol. The van der Waals surface area contributed by atoms with Gasteiger partial charge in [-0.2, -0.15) is 0 Å². The average molecular weight is 331 g/mol. The number of aromatic nitrogens is 2. The van der Waals surface area contributed by atoms with Gasteiger partial charge in [-0.3, -0.25) is 4.90 Å². The van der Waals surface area contributed by atoms with Crippen LogP contribution in [0.3, 0.4) is 0 Å². The van der Waals surface area contributed by atoms with Gasteiger partial charge in [-0.15, -0.1) is 0 Å². The zero-order chi connectivity index (χ0) is 17.4. The summed E-state index contributed by atoms with van der Waals surface area (Å²) in [5.74, 6) is 1.08. The number of benzene rings is 2. The summed E-state index contributed by atoms with van der Waals surface area (Å²) >= 11 is 0. The standard InChI is InChI=1S/C22H25N3/c1-16-9-10-17(2)19(13-16)14-25-12-11-20-21(15-25)24(3)22(23-20)18-7-5-4-6-8-18/h4-10,13H,11-12,14-15H2,1-3H3. The van der Waals surface area contributed by atoms with Gasteiger partial charge in [0.2, 0.25) is 0 Å². The predicted molar refractivity (Wildman–Crippen MR) is 102 cm³/mol. The van der Waals surface area contributed by atoms with Crippen LogP contribution in [0.15, 0.2) is 48.5 Å². The minimum atomic E-state index is 0.971. The summed E-state index contributed by atoms with van der Waals surface area (Å²) in [6, 6.07) is 17.2. The van der Waals surface area contributed by atoms with Crippen LogP contribution in [0.1, 0.15) is 28.1 Å². The van der Waals surface area contributed by atoms with Crippen LogP contribution in [-0.4, -0.2) is 21.0 Å². The third kappa shape index (κ3) is 3.12. The smallest absolute Gasteiger partial charge is 0.140 e. The van der Waals surface area contributed by atoms with E-state index in [2.05, 4.69) is 78.9 Å². The second-order valence-corrected chi connectivity index (χ2v) is 7.14. The summed E-state index contributed by atoms with van der Waals surface area (Å²) in [5, 5.41) is 0. The molecule has 2 aromatic carbocycles. The Labute approximate surface area is 149 Å². The molecular formula is C22H25N3. The Morgan fingerprint density at radius 2 is 1.84 bits per heavy atom. The molecule has 0 fully saturated rings. The van der Waals surface area contributed by atoms with Crippen LogP contribution < -0.4 is 0 Å². The van der Waals surface area contributed by atoms with E-state index >= 15 is 0 Å². The molecule has 0 unspecified atom stereocenters. The van der Waals surface area contributed by atoms with Crippen molar-refractivity contribution in [2.45, 2.75) is 33.4 Å². The van der Waals surface area contributed by atoms with E-state index in [9.17, 15) is 0 Å². The van der Waals surface area contributed by atoms with Crippen molar-refractivity contribution >= 4 is 0 Å². The zero-order valence-electron chi connectivity index (χ0n) is 15.3. The molecule has 1 aromatic heterocycles. The Bertz CT molecular complexity index is 893. The number of rotatable bonds is 3. The highest BCUT2D eigenvalue weighted by Crippen LogP contribution is 2.26. The first-order valence-corrected chi connectivity index (χ1v) is 9.00. The Hall–Kier alpha value is -2.39. The van der Waals surface area contributed by atoms with Crippen molar-refractivity contribution in [1.29, 1.82) is 0 Å². The molecule has 4 rings (SSSR count). The minimum Gasteiger partial charge on any atom is -0.330 e. The maximum absolute atomic E-state index is 4.93. The van der Waals surface area contributed by atoms with Gasteiger partial charge in [-0.1, -0.05) is 54.1 Å². The van der Waals surface area contributed by atoms with E-state index in [1.807, 2.05) is 0 Å². The van der Waals surface area contributed by atoms with E-state index in [-0.39, 0.29) is 0 Å². The van der Waals surface area contributed by atoms with Crippen LogP contribution in [-0.2, 0) is 26.6 Å². The molecule has 1 aliphatic rings. The summed E-state index contributed by atoms with van der Waals surface area (Å²) in [5.41, 5.74) is 7.97. The van der Waals surface area contributed by atoms with Gasteiger partial charge in [-0.05, 0) is 25.0 Å². The van der Waals surface area contributed by atoms with E-state index in [0.29, 0.717) is 0 Å². The van der Waals surface area contributed by atoms with Crippen molar-refractivity contribution in [3.63, 3.8) is 0 Å². The third-order valence-electron chi connectivity index (χ3n) is 5.27. The quantitative estimate of drug-likeness (QED) is 0.715. The van der Waals surface area contributed by atoms with Gasteiger partial charge >= 0.3 is 0 Å². The van der Waals surface area contributed by atoms with Gasteiger partial charge in [0, 0.05) is 38.7 Å². The Balaban J connectivity index is 1.59. The van der Waals surface area contributed by atoms with E-state index in [4.69, 9.17) is 4.98 Å². The van der Waals surface area contributed by atoms with Gasteiger partial charge in [0.25, 0.3) is 0 Å². The number of imidazole rings is 1. The van der Waals surface area contributed by atoms with Crippen LogP contribution in [0.2, 0.25) is 0 Å². The van der Waals surface area contributed by atoms with Crippen molar-refractivity contribution in [3.05, 3.63) is 76.6 Å². The lowest BCUT2D eigenvalue weighted by Crippen LogP contribution is -2.31. The van der Waals surface area contributed by atoms with Gasteiger partial charge in [0.1, 0.15) is 5.82 Å². The first kappa shape index (κ1) is 16.1. The molecule has 0 atom stereocenters. The monoisotopic (exact) mass is 331 g/mol. The highest BCUT2D eigenvalue weighted by Gasteiger charge is 2.23. The lowest BCUT2D eigenvalue weighted by molar-refractivity contribution is 0.238. The van der Waals surface area contributed by atoms with Gasteiger partial charge in [-0.25, -0.2) is 4.98 Å². The molecule has 1 aliphatic heterocycles. The van der Waals surface area contributed by atoms with Gasteiger partial charge < -0.3 is 4.57 Å². The van der Waals surface area contributed by atoms with E-state index in [0.717, 1.165) is 31.9 Å². The molecule has 128 valence electrons. The third-order valence-corrected chi connectivity index (χ3v) is 5.27. The molecule has 0 bridgehead atoms. The first-order valence-electron chi connectivity index (χ1n) is 9.00. The summed E-state index contributed by atoms with van der Waals surface area (Å²) < 4.78 is 2.28. The van der Waals surface area contributed by atoms with E-state index < -0.39 is 0 Å². The zero-order valence-corrected chi connectivity index (χ0v) is 15.3. The van der Waals surface area contributed by atoms with E-state index in [1.54, 1.807) is 0 Å². The largest absolute Gasteiger partial charge is 0.330 e. The fraction of sp³-hybridized carbons (Fsp3) is 0.318. The SMILES string of the molecule is Cc1ccc(C)c(CN2CCc3nc(-c4ccccc4)n(C)c3C2)c1. The van der Waals surface area contributed by atoms with Crippen LogP contribution in [0, 0.1) is 13.8 Å². The maximum Gasteiger partial charge on any atom is 0.140 e. The number of hydrogen-bond acceptors (Lipinski definition) is 2. The molecule has 2 heterocycles. The number of hydrogen-bond donors (Lipinski definition) is 0. The van der Waals surface area contributed by atoms with Gasteiger partial charge in [0.05, 0.1) is 11.4 Å². The van der Waals surface area contributed by atoms with Crippen molar-refractivity contribution in [2.24, 2.45) is 7.05 Å². The van der Waals surface area contributed by atoms with Crippen molar-refractivity contribution in [1.82, 2.24) is 14.5 Å². The summed E-state index contributed by atoms with van der Waals surface area (Å²) in [6.45, 7) is 7.44. The molecule has 3 nitrogen and oxygen atoms in total. The fourth-order valence-electron chi connectivity index (χ4n) is 3.73. The molecule has 0 saturated carbocycles. The highest BCUT2D eigenvalue weighted by molar-refractivity contribution is 5.57. The summed E-state index contributed by atoms with van der Waals surface area (Å²) in [4.78, 5) is 7.47. The molecule has 0 amide bonds. The molecule has 25 heavy (non-hydrogen) atoms. The Morgan fingerprint density at radius 1 is 1.04 bits per heavy atom. The second-order valence-electron chi connectivity index (χ2n) is 7.14. The number of fused-ring (bicyclic) bond motifs is 1. The maximum atomic E-state index is 4.93. The van der Waals surface area contributed by atoms with Crippen molar-refractivity contribution < 1.29 is 0 Å². The summed E-state index contributed by atoms with van der Waals surface area (Å²) in [7, 11) is 2.15. The van der Waals surface area contributed by atoms with Crippen molar-refractivity contribution in [2.75, 3.05) is 6.54 Å². The molecule has 3 aromatic rings. The summed E-state index contributed by atoms with van der Waals surface area (Å²) in [6.07, 6.45) is 1.03. The topological polar surface area (TPSA) is 21.1 Å². The van der Waals surface area contributed by atoms with Crippen LogP contribution in [0.4, 0.5) is 0 Å². The lowest BCUT2D eigenvalue weighted by Gasteiger charge is -2.27. The average Bonchev–Trinajstić information content (AvgIpc) is 2.95. The normalized spacial score (nSPS) is 14.5. The molecule has 0 radical (unpaired) electrons. The number of nitrogens with zero attached hydrogens (tertiary/aromatic N) is 3. The Morgan fingerprint density at radius 3 is 2.64 bits per heavy atom. The fourth-order valence-corrected chi connectivity index (χ4v) is 3.73. The first-order chi connectivity index (χ1) is 12.1. The predicted octanol–water partition coefficient (Wildman–Crippen LogP) is 4.26. The van der Waals surface area contributed by atoms with Crippen LogP contribution >= 0.6 is 0 Å².